The lowest BCUT2D eigenvalue weighted by Gasteiger charge is -2.36. The summed E-state index contributed by atoms with van der Waals surface area (Å²) in [4.78, 5) is 14.8. The van der Waals surface area contributed by atoms with Crippen molar-refractivity contribution >= 4 is 17.3 Å². The zero-order valence-electron chi connectivity index (χ0n) is 16.9. The Kier molecular flexibility index (Phi) is 5.27. The quantitative estimate of drug-likeness (QED) is 0.740. The predicted molar refractivity (Wildman–Crippen MR) is 111 cm³/mol. The predicted octanol–water partition coefficient (Wildman–Crippen LogP) is 5.39. The number of carbonyl (C=O) groups excluding carboxylic acids is 1. The summed E-state index contributed by atoms with van der Waals surface area (Å²) in [6.07, 6.45) is 9.83. The van der Waals surface area contributed by atoms with Crippen molar-refractivity contribution in [1.82, 2.24) is 0 Å². The van der Waals surface area contributed by atoms with Gasteiger partial charge in [0.05, 0.1) is 0 Å². The number of nitrogens with one attached hydrogen (secondary N) is 1. The molecule has 2 aliphatic rings. The van der Waals surface area contributed by atoms with E-state index in [0.29, 0.717) is 12.3 Å². The minimum atomic E-state index is -0.00165. The first-order chi connectivity index (χ1) is 12.2. The van der Waals surface area contributed by atoms with Crippen LogP contribution in [-0.4, -0.2) is 19.0 Å². The number of fused-ring (bicyclic) bond motifs is 1. The normalized spacial score (nSPS) is 19.8. The van der Waals surface area contributed by atoms with Crippen LogP contribution in [0.15, 0.2) is 35.9 Å². The summed E-state index contributed by atoms with van der Waals surface area (Å²) in [6, 6.07) is 4.44. The minimum absolute atomic E-state index is 0.00165. The van der Waals surface area contributed by atoms with Crippen molar-refractivity contribution in [2.24, 2.45) is 11.3 Å². The zero-order chi connectivity index (χ0) is 18.9. The first-order valence-corrected chi connectivity index (χ1v) is 9.74. The lowest BCUT2D eigenvalue weighted by Crippen LogP contribution is -2.35. The van der Waals surface area contributed by atoms with Crippen LogP contribution in [-0.2, 0) is 4.79 Å². The molecule has 140 valence electrons. The highest BCUT2D eigenvalue weighted by molar-refractivity contribution is 5.93. The molecule has 1 N–H and O–H groups in total. The Labute approximate surface area is 158 Å². The molecular formula is C23H32N2O. The Morgan fingerprint density at radius 1 is 1.23 bits per heavy atom. The second-order valence-corrected chi connectivity index (χ2v) is 9.00. The van der Waals surface area contributed by atoms with Crippen LogP contribution in [0.5, 0.6) is 0 Å². The Balaban J connectivity index is 1.75. The van der Waals surface area contributed by atoms with E-state index < -0.39 is 0 Å². The van der Waals surface area contributed by atoms with E-state index in [1.165, 1.54) is 12.1 Å². The smallest absolute Gasteiger partial charge is 0.224 e. The Bertz CT molecular complexity index is 729. The lowest BCUT2D eigenvalue weighted by atomic mass is 9.87. The molecule has 3 rings (SSSR count). The van der Waals surface area contributed by atoms with Gasteiger partial charge in [-0.15, -0.1) is 0 Å². The third kappa shape index (κ3) is 4.38. The van der Waals surface area contributed by atoms with Crippen molar-refractivity contribution in [3.63, 3.8) is 0 Å². The van der Waals surface area contributed by atoms with Crippen molar-refractivity contribution in [3.05, 3.63) is 47.1 Å². The van der Waals surface area contributed by atoms with E-state index in [2.05, 4.69) is 75.2 Å². The molecule has 1 aliphatic carbocycles. The van der Waals surface area contributed by atoms with Gasteiger partial charge in [0, 0.05) is 36.8 Å². The Morgan fingerprint density at radius 2 is 1.92 bits per heavy atom. The van der Waals surface area contributed by atoms with Crippen molar-refractivity contribution in [3.8, 4) is 0 Å². The molecule has 1 unspecified atom stereocenters. The number of allylic oxidation sites excluding steroid dienone is 3. The molecule has 1 aromatic rings. The average molecular weight is 353 g/mol. The van der Waals surface area contributed by atoms with E-state index in [1.807, 2.05) is 0 Å². The number of carbonyl (C=O) groups is 1. The number of benzene rings is 1. The lowest BCUT2D eigenvalue weighted by molar-refractivity contribution is -0.117. The Hall–Kier alpha value is -2.03. The summed E-state index contributed by atoms with van der Waals surface area (Å²) < 4.78 is 0. The fourth-order valence-electron chi connectivity index (χ4n) is 4.00. The van der Waals surface area contributed by atoms with E-state index in [-0.39, 0.29) is 11.3 Å². The van der Waals surface area contributed by atoms with E-state index in [1.54, 1.807) is 5.57 Å². The van der Waals surface area contributed by atoms with Crippen LogP contribution >= 0.6 is 0 Å². The minimum Gasteiger partial charge on any atom is -0.367 e. The SMILES string of the molecule is Cc1cc(N2CCC3C=CCC=C3C2)cc(C)c1NC(=O)CC(C)(C)C. The average Bonchev–Trinajstić information content (AvgIpc) is 2.56. The standard InChI is InChI=1S/C23H32N2O/c1-16-12-20(25-11-10-18-8-6-7-9-19(18)15-25)13-17(2)22(16)24-21(26)14-23(3,4)5/h6,8-9,12-13,18H,7,10-11,14-15H2,1-5H3,(H,24,26). The summed E-state index contributed by atoms with van der Waals surface area (Å²) in [5.41, 5.74) is 6.07. The number of rotatable bonds is 3. The third-order valence-electron chi connectivity index (χ3n) is 5.28. The van der Waals surface area contributed by atoms with E-state index >= 15 is 0 Å². The van der Waals surface area contributed by atoms with Gasteiger partial charge >= 0.3 is 0 Å². The number of hydrogen-bond acceptors (Lipinski definition) is 2. The molecule has 0 radical (unpaired) electrons. The van der Waals surface area contributed by atoms with Gasteiger partial charge in [-0.2, -0.15) is 0 Å². The molecule has 3 heteroatoms. The molecule has 0 bridgehead atoms. The van der Waals surface area contributed by atoms with Crippen molar-refractivity contribution < 1.29 is 4.79 Å². The van der Waals surface area contributed by atoms with Crippen LogP contribution < -0.4 is 10.2 Å². The van der Waals surface area contributed by atoms with Gasteiger partial charge in [0.2, 0.25) is 5.91 Å². The third-order valence-corrected chi connectivity index (χ3v) is 5.28. The maximum Gasteiger partial charge on any atom is 0.224 e. The van der Waals surface area contributed by atoms with Crippen molar-refractivity contribution in [2.75, 3.05) is 23.3 Å². The van der Waals surface area contributed by atoms with Gasteiger partial charge in [-0.3, -0.25) is 4.79 Å². The van der Waals surface area contributed by atoms with Gasteiger partial charge in [0.25, 0.3) is 0 Å². The highest BCUT2D eigenvalue weighted by Crippen LogP contribution is 2.33. The van der Waals surface area contributed by atoms with Crippen molar-refractivity contribution in [2.45, 2.75) is 53.9 Å². The first kappa shape index (κ1) is 18.8. The summed E-state index contributed by atoms with van der Waals surface area (Å²) >= 11 is 0. The maximum absolute atomic E-state index is 12.3. The van der Waals surface area contributed by atoms with Crippen LogP contribution in [0.4, 0.5) is 11.4 Å². The largest absolute Gasteiger partial charge is 0.367 e. The number of piperidine rings is 1. The van der Waals surface area contributed by atoms with Gasteiger partial charge < -0.3 is 10.2 Å². The van der Waals surface area contributed by atoms with Crippen LogP contribution in [0.3, 0.4) is 0 Å². The number of hydrogen-bond donors (Lipinski definition) is 1. The van der Waals surface area contributed by atoms with Gasteiger partial charge in [0.15, 0.2) is 0 Å². The summed E-state index contributed by atoms with van der Waals surface area (Å²) in [5, 5.41) is 3.13. The van der Waals surface area contributed by atoms with E-state index in [0.717, 1.165) is 36.3 Å². The number of amides is 1. The van der Waals surface area contributed by atoms with Gasteiger partial charge in [0.1, 0.15) is 0 Å². The van der Waals surface area contributed by atoms with Crippen LogP contribution in [0.1, 0.15) is 51.2 Å². The van der Waals surface area contributed by atoms with Gasteiger partial charge in [-0.05, 0) is 60.9 Å². The molecule has 1 amide bonds. The molecule has 1 fully saturated rings. The number of nitrogens with zero attached hydrogens (tertiary/aromatic N) is 1. The van der Waals surface area contributed by atoms with Gasteiger partial charge in [-0.25, -0.2) is 0 Å². The molecule has 3 nitrogen and oxygen atoms in total. The molecule has 0 aromatic heterocycles. The van der Waals surface area contributed by atoms with Gasteiger partial charge in [-0.1, -0.05) is 39.0 Å². The summed E-state index contributed by atoms with van der Waals surface area (Å²) in [7, 11) is 0. The van der Waals surface area contributed by atoms with Crippen LogP contribution in [0.25, 0.3) is 0 Å². The Morgan fingerprint density at radius 3 is 2.58 bits per heavy atom. The second-order valence-electron chi connectivity index (χ2n) is 9.00. The molecule has 0 spiro atoms. The summed E-state index contributed by atoms with van der Waals surface area (Å²) in [5.74, 6) is 0.731. The molecule has 1 aromatic carbocycles. The molecule has 0 saturated carbocycles. The molecule has 1 atom stereocenters. The zero-order valence-corrected chi connectivity index (χ0v) is 16.9. The van der Waals surface area contributed by atoms with Crippen LogP contribution in [0.2, 0.25) is 0 Å². The molecule has 1 aliphatic heterocycles. The fraction of sp³-hybridized carbons (Fsp3) is 0.522. The first-order valence-electron chi connectivity index (χ1n) is 9.74. The maximum atomic E-state index is 12.3. The highest BCUT2D eigenvalue weighted by atomic mass is 16.1. The highest BCUT2D eigenvalue weighted by Gasteiger charge is 2.24. The second kappa shape index (κ2) is 7.30. The monoisotopic (exact) mass is 352 g/mol. The van der Waals surface area contributed by atoms with Crippen molar-refractivity contribution in [1.29, 1.82) is 0 Å². The molecule has 1 saturated heterocycles. The molecular weight excluding hydrogens is 320 g/mol. The summed E-state index contributed by atoms with van der Waals surface area (Å²) in [6.45, 7) is 12.6. The number of anilines is 2. The molecule has 26 heavy (non-hydrogen) atoms. The number of aryl methyl sites for hydroxylation is 2. The molecule has 1 heterocycles. The van der Waals surface area contributed by atoms with Crippen LogP contribution in [0, 0.1) is 25.2 Å². The van der Waals surface area contributed by atoms with E-state index in [9.17, 15) is 4.79 Å². The van der Waals surface area contributed by atoms with E-state index in [4.69, 9.17) is 0 Å². The topological polar surface area (TPSA) is 32.3 Å². The fourth-order valence-corrected chi connectivity index (χ4v) is 4.00.